The fraction of sp³-hybridized carbons (Fsp3) is 0.450. The molecular formula is C20H23ClFN3O5. The first-order valence-electron chi connectivity index (χ1n) is 9.64. The number of aryl methyl sites for hydroxylation is 1. The number of rotatable bonds is 7. The molecule has 3 rings (SSSR count). The van der Waals surface area contributed by atoms with Gasteiger partial charge < -0.3 is 15.2 Å². The lowest BCUT2D eigenvalue weighted by molar-refractivity contribution is -0.0253. The first-order valence-corrected chi connectivity index (χ1v) is 10.0. The molecule has 2 N–H and O–H groups in total. The molecule has 0 bridgehead atoms. The standard InChI is InChI=1S/C20H23ClFN3O5/c1-12-10-25(17-6-4-14(11-26)30-17)20(29)24(19(12)28)8-2-7-23-18(27)15-5-3-13(22)9-16(15)21/h3,5,9-10,14,17,26H,2,4,6-8,11H2,1H3,(H,23,27). The van der Waals surface area contributed by atoms with Gasteiger partial charge in [-0.3, -0.25) is 18.7 Å². The molecular weight excluding hydrogens is 417 g/mol. The van der Waals surface area contributed by atoms with Crippen molar-refractivity contribution in [3.63, 3.8) is 0 Å². The van der Waals surface area contributed by atoms with Crippen LogP contribution in [0.15, 0.2) is 34.0 Å². The summed E-state index contributed by atoms with van der Waals surface area (Å²) in [5.41, 5.74) is -0.360. The number of nitrogens with one attached hydrogen (secondary N) is 1. The molecule has 2 atom stereocenters. The van der Waals surface area contributed by atoms with Crippen molar-refractivity contribution >= 4 is 17.5 Å². The summed E-state index contributed by atoms with van der Waals surface area (Å²) in [7, 11) is 0. The van der Waals surface area contributed by atoms with E-state index >= 15 is 0 Å². The van der Waals surface area contributed by atoms with E-state index in [4.69, 9.17) is 16.3 Å². The molecule has 0 aliphatic carbocycles. The van der Waals surface area contributed by atoms with Gasteiger partial charge in [0.25, 0.3) is 11.5 Å². The zero-order valence-corrected chi connectivity index (χ0v) is 17.2. The van der Waals surface area contributed by atoms with Gasteiger partial charge in [-0.05, 0) is 44.4 Å². The highest BCUT2D eigenvalue weighted by Gasteiger charge is 2.27. The maximum atomic E-state index is 13.1. The van der Waals surface area contributed by atoms with Crippen molar-refractivity contribution in [2.75, 3.05) is 13.2 Å². The Morgan fingerprint density at radius 1 is 1.37 bits per heavy atom. The third kappa shape index (κ3) is 4.80. The van der Waals surface area contributed by atoms with Crippen molar-refractivity contribution in [1.82, 2.24) is 14.5 Å². The van der Waals surface area contributed by atoms with E-state index in [1.54, 1.807) is 6.92 Å². The molecule has 162 valence electrons. The van der Waals surface area contributed by atoms with Gasteiger partial charge in [0.15, 0.2) is 0 Å². The Kier molecular flexibility index (Phi) is 7.06. The minimum Gasteiger partial charge on any atom is -0.394 e. The van der Waals surface area contributed by atoms with Gasteiger partial charge >= 0.3 is 5.69 Å². The van der Waals surface area contributed by atoms with Gasteiger partial charge in [-0.25, -0.2) is 9.18 Å². The number of hydrogen-bond acceptors (Lipinski definition) is 5. The SMILES string of the molecule is Cc1cn(C2CCC(CO)O2)c(=O)n(CCCNC(=O)c2ccc(F)cc2Cl)c1=O. The molecule has 0 saturated carbocycles. The topological polar surface area (TPSA) is 103 Å². The first-order chi connectivity index (χ1) is 14.3. The van der Waals surface area contributed by atoms with Gasteiger partial charge in [-0.2, -0.15) is 0 Å². The molecule has 1 fully saturated rings. The van der Waals surface area contributed by atoms with Crippen LogP contribution in [0.3, 0.4) is 0 Å². The van der Waals surface area contributed by atoms with Gasteiger partial charge in [0.2, 0.25) is 0 Å². The minimum atomic E-state index is -0.539. The highest BCUT2D eigenvalue weighted by Crippen LogP contribution is 2.26. The molecule has 0 spiro atoms. The largest absolute Gasteiger partial charge is 0.394 e. The summed E-state index contributed by atoms with van der Waals surface area (Å²) >= 11 is 5.87. The van der Waals surface area contributed by atoms with Crippen LogP contribution in [0.25, 0.3) is 0 Å². The summed E-state index contributed by atoms with van der Waals surface area (Å²) < 4.78 is 21.2. The van der Waals surface area contributed by atoms with E-state index in [0.717, 1.165) is 16.7 Å². The predicted octanol–water partition coefficient (Wildman–Crippen LogP) is 1.60. The smallest absolute Gasteiger partial charge is 0.333 e. The van der Waals surface area contributed by atoms with Crippen LogP contribution in [0.1, 0.15) is 41.4 Å². The van der Waals surface area contributed by atoms with Crippen LogP contribution in [-0.4, -0.2) is 39.4 Å². The van der Waals surface area contributed by atoms with Crippen molar-refractivity contribution in [3.05, 3.63) is 67.2 Å². The summed E-state index contributed by atoms with van der Waals surface area (Å²) in [5, 5.41) is 11.9. The number of halogens is 2. The van der Waals surface area contributed by atoms with Crippen molar-refractivity contribution < 1.29 is 19.0 Å². The lowest BCUT2D eigenvalue weighted by Crippen LogP contribution is -2.42. The Morgan fingerprint density at radius 2 is 2.13 bits per heavy atom. The third-order valence-electron chi connectivity index (χ3n) is 4.99. The molecule has 8 nitrogen and oxygen atoms in total. The van der Waals surface area contributed by atoms with E-state index in [1.807, 2.05) is 0 Å². The van der Waals surface area contributed by atoms with E-state index in [2.05, 4.69) is 5.32 Å². The number of nitrogens with zero attached hydrogens (tertiary/aromatic N) is 2. The Labute approximate surface area is 176 Å². The second-order valence-corrected chi connectivity index (χ2v) is 7.57. The molecule has 30 heavy (non-hydrogen) atoms. The fourth-order valence-electron chi connectivity index (χ4n) is 3.40. The average Bonchev–Trinajstić information content (AvgIpc) is 3.19. The van der Waals surface area contributed by atoms with E-state index in [1.165, 1.54) is 16.8 Å². The number of amides is 1. The molecule has 1 aromatic carbocycles. The summed E-state index contributed by atoms with van der Waals surface area (Å²) in [6.45, 7) is 1.79. The van der Waals surface area contributed by atoms with Crippen LogP contribution >= 0.6 is 11.6 Å². The Balaban J connectivity index is 1.66. The Morgan fingerprint density at radius 3 is 2.80 bits per heavy atom. The number of carbonyl (C=O) groups is 1. The molecule has 1 aromatic heterocycles. The number of aromatic nitrogens is 2. The number of carbonyl (C=O) groups excluding carboxylic acids is 1. The molecule has 0 radical (unpaired) electrons. The van der Waals surface area contributed by atoms with E-state index in [0.29, 0.717) is 24.8 Å². The second-order valence-electron chi connectivity index (χ2n) is 7.17. The van der Waals surface area contributed by atoms with Crippen LogP contribution in [0.2, 0.25) is 5.02 Å². The van der Waals surface area contributed by atoms with Crippen molar-refractivity contribution in [2.24, 2.45) is 0 Å². The Bertz CT molecular complexity index is 1050. The number of aliphatic hydroxyl groups excluding tert-OH is 1. The molecule has 1 saturated heterocycles. The Hall–Kier alpha value is -2.49. The van der Waals surface area contributed by atoms with Crippen molar-refractivity contribution in [2.45, 2.75) is 45.1 Å². The molecule has 2 unspecified atom stereocenters. The summed E-state index contributed by atoms with van der Waals surface area (Å²) in [5.74, 6) is -1.01. The third-order valence-corrected chi connectivity index (χ3v) is 5.30. The average molecular weight is 440 g/mol. The van der Waals surface area contributed by atoms with Gasteiger partial charge in [-0.1, -0.05) is 11.6 Å². The maximum Gasteiger partial charge on any atom is 0.333 e. The van der Waals surface area contributed by atoms with Crippen molar-refractivity contribution in [1.29, 1.82) is 0 Å². The van der Waals surface area contributed by atoms with Gasteiger partial charge in [0.1, 0.15) is 12.0 Å². The highest BCUT2D eigenvalue weighted by atomic mass is 35.5. The highest BCUT2D eigenvalue weighted by molar-refractivity contribution is 6.33. The molecule has 1 amide bonds. The molecule has 2 aromatic rings. The fourth-order valence-corrected chi connectivity index (χ4v) is 3.65. The van der Waals surface area contributed by atoms with Crippen LogP contribution < -0.4 is 16.6 Å². The minimum absolute atomic E-state index is 0.00281. The summed E-state index contributed by atoms with van der Waals surface area (Å²) in [4.78, 5) is 37.4. The number of hydrogen-bond donors (Lipinski definition) is 2. The molecule has 10 heteroatoms. The van der Waals surface area contributed by atoms with Gasteiger partial charge in [0, 0.05) is 24.8 Å². The lowest BCUT2D eigenvalue weighted by Gasteiger charge is -2.18. The molecule has 1 aliphatic rings. The molecule has 1 aliphatic heterocycles. The van der Waals surface area contributed by atoms with Crippen LogP contribution in [0.5, 0.6) is 0 Å². The first kappa shape index (κ1) is 22.2. The number of benzene rings is 1. The van der Waals surface area contributed by atoms with E-state index in [9.17, 15) is 23.9 Å². The predicted molar refractivity (Wildman–Crippen MR) is 108 cm³/mol. The number of ether oxygens (including phenoxy) is 1. The summed E-state index contributed by atoms with van der Waals surface area (Å²) in [6, 6.07) is 3.48. The maximum absolute atomic E-state index is 13.1. The lowest BCUT2D eigenvalue weighted by atomic mass is 10.2. The van der Waals surface area contributed by atoms with Gasteiger partial charge in [-0.15, -0.1) is 0 Å². The number of aliphatic hydroxyl groups is 1. The summed E-state index contributed by atoms with van der Waals surface area (Å²) in [6.07, 6.45) is 2.15. The quantitative estimate of drug-likeness (QED) is 0.638. The normalized spacial score (nSPS) is 18.5. The van der Waals surface area contributed by atoms with Crippen LogP contribution in [-0.2, 0) is 11.3 Å². The molecule has 2 heterocycles. The van der Waals surface area contributed by atoms with E-state index < -0.39 is 29.2 Å². The zero-order chi connectivity index (χ0) is 21.8. The van der Waals surface area contributed by atoms with Crippen LogP contribution in [0.4, 0.5) is 4.39 Å². The van der Waals surface area contributed by atoms with Crippen LogP contribution in [0, 0.1) is 12.7 Å². The second kappa shape index (κ2) is 9.55. The monoisotopic (exact) mass is 439 g/mol. The zero-order valence-electron chi connectivity index (χ0n) is 16.4. The van der Waals surface area contributed by atoms with E-state index in [-0.39, 0.29) is 36.4 Å². The van der Waals surface area contributed by atoms with Crippen molar-refractivity contribution in [3.8, 4) is 0 Å². The van der Waals surface area contributed by atoms with Gasteiger partial charge in [0.05, 0.1) is 23.3 Å².